The number of hydrogen-bond acceptors (Lipinski definition) is 6. The van der Waals surface area contributed by atoms with E-state index in [4.69, 9.17) is 4.74 Å². The number of carbonyl (C=O) groups is 3. The van der Waals surface area contributed by atoms with Crippen LogP contribution in [0.15, 0.2) is 58.4 Å². The number of anilines is 1. The Hall–Kier alpha value is -3.88. The molecule has 2 N–H and O–H groups in total. The summed E-state index contributed by atoms with van der Waals surface area (Å²) in [6.45, 7) is 5.38. The summed E-state index contributed by atoms with van der Waals surface area (Å²) in [6.07, 6.45) is 3.21. The second-order valence-corrected chi connectivity index (χ2v) is 6.57. The van der Waals surface area contributed by atoms with E-state index in [0.29, 0.717) is 11.6 Å². The number of ether oxygens (including phenoxy) is 1. The number of nitrogens with zero attached hydrogens (tertiary/aromatic N) is 3. The fourth-order valence-corrected chi connectivity index (χ4v) is 2.87. The summed E-state index contributed by atoms with van der Waals surface area (Å²) >= 11 is 0. The molecule has 0 saturated carbocycles. The van der Waals surface area contributed by atoms with E-state index >= 15 is 0 Å². The summed E-state index contributed by atoms with van der Waals surface area (Å²) in [5.74, 6) is -1.80. The van der Waals surface area contributed by atoms with Gasteiger partial charge in [0.2, 0.25) is 0 Å². The van der Waals surface area contributed by atoms with Crippen molar-refractivity contribution in [1.29, 1.82) is 0 Å². The summed E-state index contributed by atoms with van der Waals surface area (Å²) in [4.78, 5) is 37.3. The van der Waals surface area contributed by atoms with Crippen LogP contribution in [0, 0.1) is 0 Å². The van der Waals surface area contributed by atoms with Crippen molar-refractivity contribution < 1.29 is 29.3 Å². The Morgan fingerprint density at radius 1 is 1.03 bits per heavy atom. The van der Waals surface area contributed by atoms with E-state index in [1.807, 2.05) is 25.8 Å². The SMILES string of the molecule is CC1=NN(c2cc(C(=O)O)cc(C(=O)O)c2)C(=O)/C1=C/C=C1\OC(C)=C(C)N1C. The van der Waals surface area contributed by atoms with Crippen LogP contribution in [-0.2, 0) is 9.53 Å². The molecule has 0 aliphatic carbocycles. The van der Waals surface area contributed by atoms with Crippen LogP contribution < -0.4 is 5.01 Å². The molecule has 0 unspecified atom stereocenters. The molecule has 2 aliphatic rings. The van der Waals surface area contributed by atoms with Gasteiger partial charge in [-0.2, -0.15) is 10.1 Å². The number of hydrazone groups is 1. The largest absolute Gasteiger partial charge is 0.478 e. The zero-order chi connectivity index (χ0) is 21.5. The van der Waals surface area contributed by atoms with Crippen LogP contribution in [0.3, 0.4) is 0 Å². The van der Waals surface area contributed by atoms with Crippen molar-refractivity contribution in [2.45, 2.75) is 20.8 Å². The van der Waals surface area contributed by atoms with Gasteiger partial charge in [0.1, 0.15) is 5.76 Å². The van der Waals surface area contributed by atoms with Gasteiger partial charge in [0, 0.05) is 7.05 Å². The first-order valence-corrected chi connectivity index (χ1v) is 8.63. The molecule has 0 atom stereocenters. The Morgan fingerprint density at radius 2 is 1.62 bits per heavy atom. The Kier molecular flexibility index (Phi) is 4.98. The number of aromatic carboxylic acids is 2. The summed E-state index contributed by atoms with van der Waals surface area (Å²) in [6, 6.07) is 3.43. The number of amides is 1. The van der Waals surface area contributed by atoms with Gasteiger partial charge in [0.25, 0.3) is 5.91 Å². The normalized spacial score (nSPS) is 19.3. The zero-order valence-corrected chi connectivity index (χ0v) is 16.3. The molecular formula is C20H19N3O6. The first kappa shape index (κ1) is 19.9. The molecule has 1 aromatic carbocycles. The quantitative estimate of drug-likeness (QED) is 0.750. The van der Waals surface area contributed by atoms with E-state index in [1.54, 1.807) is 19.1 Å². The molecule has 3 rings (SSSR count). The zero-order valence-electron chi connectivity index (χ0n) is 16.3. The summed E-state index contributed by atoms with van der Waals surface area (Å²) in [7, 11) is 1.84. The van der Waals surface area contributed by atoms with Crippen LogP contribution in [0.25, 0.3) is 0 Å². The second kappa shape index (κ2) is 7.27. The van der Waals surface area contributed by atoms with E-state index in [9.17, 15) is 24.6 Å². The van der Waals surface area contributed by atoms with Crippen molar-refractivity contribution in [1.82, 2.24) is 4.90 Å². The number of carbonyl (C=O) groups excluding carboxylic acids is 1. The van der Waals surface area contributed by atoms with Crippen LogP contribution in [0.2, 0.25) is 0 Å². The van der Waals surface area contributed by atoms with Gasteiger partial charge in [-0.1, -0.05) is 0 Å². The van der Waals surface area contributed by atoms with Gasteiger partial charge < -0.3 is 19.8 Å². The lowest BCUT2D eigenvalue weighted by Crippen LogP contribution is -2.22. The smallest absolute Gasteiger partial charge is 0.335 e. The third kappa shape index (κ3) is 3.62. The highest BCUT2D eigenvalue weighted by molar-refractivity contribution is 6.30. The molecule has 0 radical (unpaired) electrons. The lowest BCUT2D eigenvalue weighted by atomic mass is 10.1. The monoisotopic (exact) mass is 397 g/mol. The molecule has 0 bridgehead atoms. The van der Waals surface area contributed by atoms with E-state index in [0.717, 1.165) is 22.5 Å². The molecule has 0 fully saturated rings. The number of benzene rings is 1. The Balaban J connectivity index is 1.95. The first-order chi connectivity index (χ1) is 13.6. The minimum atomic E-state index is -1.30. The highest BCUT2D eigenvalue weighted by atomic mass is 16.5. The second-order valence-electron chi connectivity index (χ2n) is 6.57. The molecule has 29 heavy (non-hydrogen) atoms. The van der Waals surface area contributed by atoms with Crippen molar-refractivity contribution in [2.75, 3.05) is 12.1 Å². The predicted molar refractivity (Wildman–Crippen MR) is 104 cm³/mol. The van der Waals surface area contributed by atoms with Gasteiger partial charge in [0.05, 0.1) is 33.8 Å². The summed E-state index contributed by atoms with van der Waals surface area (Å²) in [5, 5.41) is 23.6. The highest BCUT2D eigenvalue weighted by Crippen LogP contribution is 2.28. The van der Waals surface area contributed by atoms with Crippen molar-refractivity contribution in [2.24, 2.45) is 5.10 Å². The molecule has 9 nitrogen and oxygen atoms in total. The standard InChI is InChI=1S/C20H19N3O6/c1-10-16(5-6-17-22(4)11(2)12(3)29-17)18(24)23(21-10)15-8-13(19(25)26)7-14(9-15)20(27)28/h5-9H,1-4H3,(H,25,26)(H,27,28)/b16-5+,17-6-. The van der Waals surface area contributed by atoms with Gasteiger partial charge in [-0.3, -0.25) is 4.79 Å². The Morgan fingerprint density at radius 3 is 2.10 bits per heavy atom. The number of rotatable bonds is 4. The van der Waals surface area contributed by atoms with Gasteiger partial charge in [-0.05, 0) is 51.1 Å². The fraction of sp³-hybridized carbons (Fsp3) is 0.200. The molecule has 0 aromatic heterocycles. The maximum absolute atomic E-state index is 12.8. The van der Waals surface area contributed by atoms with E-state index in [2.05, 4.69) is 5.10 Å². The Labute approximate surface area is 166 Å². The molecule has 0 spiro atoms. The highest BCUT2D eigenvalue weighted by Gasteiger charge is 2.30. The Bertz CT molecular complexity index is 1030. The lowest BCUT2D eigenvalue weighted by molar-refractivity contribution is -0.114. The van der Waals surface area contributed by atoms with Crippen molar-refractivity contribution in [3.05, 3.63) is 64.4 Å². The minimum absolute atomic E-state index is 0.0605. The fourth-order valence-electron chi connectivity index (χ4n) is 2.87. The van der Waals surface area contributed by atoms with Crippen LogP contribution in [0.4, 0.5) is 5.69 Å². The number of carboxylic acids is 2. The number of hydrogen-bond donors (Lipinski definition) is 2. The lowest BCUT2D eigenvalue weighted by Gasteiger charge is -2.13. The first-order valence-electron chi connectivity index (χ1n) is 8.63. The van der Waals surface area contributed by atoms with Gasteiger partial charge in [0.15, 0.2) is 5.88 Å². The minimum Gasteiger partial charge on any atom is -0.478 e. The van der Waals surface area contributed by atoms with E-state index < -0.39 is 17.8 Å². The van der Waals surface area contributed by atoms with Crippen LogP contribution >= 0.6 is 0 Å². The average Bonchev–Trinajstić information content (AvgIpc) is 3.09. The molecule has 1 aromatic rings. The van der Waals surface area contributed by atoms with Gasteiger partial charge in [-0.25, -0.2) is 9.59 Å². The van der Waals surface area contributed by atoms with Crippen LogP contribution in [-0.4, -0.2) is 45.7 Å². The molecule has 2 heterocycles. The molecule has 150 valence electrons. The average molecular weight is 397 g/mol. The van der Waals surface area contributed by atoms with E-state index in [-0.39, 0.29) is 22.4 Å². The van der Waals surface area contributed by atoms with Crippen molar-refractivity contribution in [3.63, 3.8) is 0 Å². The van der Waals surface area contributed by atoms with Crippen molar-refractivity contribution >= 4 is 29.2 Å². The van der Waals surface area contributed by atoms with E-state index in [1.165, 1.54) is 12.1 Å². The summed E-state index contributed by atoms with van der Waals surface area (Å²) < 4.78 is 5.64. The number of allylic oxidation sites excluding steroid dienone is 4. The summed E-state index contributed by atoms with van der Waals surface area (Å²) in [5.41, 5.74) is 1.20. The molecule has 2 aliphatic heterocycles. The maximum atomic E-state index is 12.8. The third-order valence-electron chi connectivity index (χ3n) is 4.71. The molecule has 0 saturated heterocycles. The topological polar surface area (TPSA) is 120 Å². The van der Waals surface area contributed by atoms with Crippen LogP contribution in [0.5, 0.6) is 0 Å². The van der Waals surface area contributed by atoms with Gasteiger partial charge >= 0.3 is 11.9 Å². The number of carboxylic acid groups (broad SMARTS) is 2. The third-order valence-corrected chi connectivity index (χ3v) is 4.71. The predicted octanol–water partition coefficient (Wildman–Crippen LogP) is 2.79. The molecule has 1 amide bonds. The molecule has 9 heteroatoms. The molecular weight excluding hydrogens is 378 g/mol. The van der Waals surface area contributed by atoms with Crippen molar-refractivity contribution in [3.8, 4) is 0 Å². The van der Waals surface area contributed by atoms with Gasteiger partial charge in [-0.15, -0.1) is 0 Å². The maximum Gasteiger partial charge on any atom is 0.335 e. The van der Waals surface area contributed by atoms with Crippen LogP contribution in [0.1, 0.15) is 41.5 Å².